The predicted molar refractivity (Wildman–Crippen MR) is 104 cm³/mol. The zero-order chi connectivity index (χ0) is 18.3. The molecule has 0 atom stereocenters. The van der Waals surface area contributed by atoms with Crippen molar-refractivity contribution in [1.82, 2.24) is 0 Å². The van der Waals surface area contributed by atoms with Crippen LogP contribution in [-0.4, -0.2) is 10.7 Å². The van der Waals surface area contributed by atoms with Crippen molar-refractivity contribution >= 4 is 22.1 Å². The standard InChI is InChI=1S/C22H22N2O2/c1-14-8-4-7-11-18(14)23-24-19-15-9-5-6-10-16(15)20(25)17-12-13-22(2,3)26-21(17)19/h4-11,25H,12-13H2,1-3H3. The van der Waals surface area contributed by atoms with E-state index in [9.17, 15) is 5.11 Å². The number of hydrogen-bond acceptors (Lipinski definition) is 4. The molecule has 4 heteroatoms. The summed E-state index contributed by atoms with van der Waals surface area (Å²) in [7, 11) is 0. The molecule has 0 unspecified atom stereocenters. The van der Waals surface area contributed by atoms with Gasteiger partial charge in [0.1, 0.15) is 17.0 Å². The van der Waals surface area contributed by atoms with Crippen molar-refractivity contribution in [2.24, 2.45) is 10.2 Å². The summed E-state index contributed by atoms with van der Waals surface area (Å²) < 4.78 is 6.24. The van der Waals surface area contributed by atoms with E-state index in [-0.39, 0.29) is 5.60 Å². The molecule has 1 N–H and O–H groups in total. The van der Waals surface area contributed by atoms with Gasteiger partial charge in [0.05, 0.1) is 5.69 Å². The Morgan fingerprint density at radius 1 is 0.962 bits per heavy atom. The van der Waals surface area contributed by atoms with Crippen LogP contribution in [0.3, 0.4) is 0 Å². The average molecular weight is 346 g/mol. The number of rotatable bonds is 2. The van der Waals surface area contributed by atoms with Gasteiger partial charge in [0, 0.05) is 16.3 Å². The molecule has 0 aromatic heterocycles. The number of ether oxygens (including phenoxy) is 1. The van der Waals surface area contributed by atoms with Crippen LogP contribution >= 0.6 is 0 Å². The molecule has 0 fully saturated rings. The van der Waals surface area contributed by atoms with Crippen molar-refractivity contribution < 1.29 is 9.84 Å². The molecule has 0 bridgehead atoms. The Hall–Kier alpha value is -2.88. The monoisotopic (exact) mass is 346 g/mol. The smallest absolute Gasteiger partial charge is 0.155 e. The molecular weight excluding hydrogens is 324 g/mol. The molecule has 1 aliphatic heterocycles. The minimum absolute atomic E-state index is 0.293. The number of azo groups is 1. The lowest BCUT2D eigenvalue weighted by molar-refractivity contribution is 0.0847. The molecule has 3 aromatic carbocycles. The maximum Gasteiger partial charge on any atom is 0.155 e. The van der Waals surface area contributed by atoms with Crippen LogP contribution in [0.15, 0.2) is 58.8 Å². The summed E-state index contributed by atoms with van der Waals surface area (Å²) in [6.07, 6.45) is 1.60. The lowest BCUT2D eigenvalue weighted by Crippen LogP contribution is -2.32. The third-order valence-corrected chi connectivity index (χ3v) is 4.94. The second kappa shape index (κ2) is 6.13. The Labute approximate surface area is 153 Å². The molecule has 0 radical (unpaired) electrons. The molecule has 1 aliphatic rings. The molecule has 0 aliphatic carbocycles. The summed E-state index contributed by atoms with van der Waals surface area (Å²) in [5.74, 6) is 0.940. The SMILES string of the molecule is Cc1ccccc1N=Nc1c2c(c(O)c3ccccc13)CCC(C)(C)O2. The summed E-state index contributed by atoms with van der Waals surface area (Å²) in [5.41, 5.74) is 3.10. The first-order valence-corrected chi connectivity index (χ1v) is 8.89. The van der Waals surface area contributed by atoms with Crippen LogP contribution in [0.25, 0.3) is 10.8 Å². The van der Waals surface area contributed by atoms with E-state index in [1.54, 1.807) is 0 Å². The molecule has 3 aromatic rings. The van der Waals surface area contributed by atoms with E-state index in [2.05, 4.69) is 24.1 Å². The van der Waals surface area contributed by atoms with Gasteiger partial charge in [0.25, 0.3) is 0 Å². The van der Waals surface area contributed by atoms with Crippen LogP contribution in [0.2, 0.25) is 0 Å². The molecular formula is C22H22N2O2. The highest BCUT2D eigenvalue weighted by atomic mass is 16.5. The second-order valence-corrected chi connectivity index (χ2v) is 7.40. The van der Waals surface area contributed by atoms with Gasteiger partial charge in [-0.05, 0) is 45.2 Å². The fourth-order valence-corrected chi connectivity index (χ4v) is 3.41. The van der Waals surface area contributed by atoms with Gasteiger partial charge in [-0.3, -0.25) is 0 Å². The van der Waals surface area contributed by atoms with E-state index < -0.39 is 0 Å². The number of nitrogens with zero attached hydrogens (tertiary/aromatic N) is 2. The Bertz CT molecular complexity index is 1020. The normalized spacial score (nSPS) is 15.8. The second-order valence-electron chi connectivity index (χ2n) is 7.40. The number of aromatic hydroxyl groups is 1. The first-order valence-electron chi connectivity index (χ1n) is 8.89. The molecule has 4 rings (SSSR count). The Kier molecular flexibility index (Phi) is 3.91. The predicted octanol–water partition coefficient (Wildman–Crippen LogP) is 6.37. The van der Waals surface area contributed by atoms with Crippen molar-refractivity contribution in [2.45, 2.75) is 39.2 Å². The molecule has 0 saturated carbocycles. The van der Waals surface area contributed by atoms with E-state index in [0.717, 1.165) is 40.4 Å². The van der Waals surface area contributed by atoms with Gasteiger partial charge in [0.2, 0.25) is 0 Å². The molecule has 1 heterocycles. The number of hydrogen-bond donors (Lipinski definition) is 1. The van der Waals surface area contributed by atoms with Crippen LogP contribution in [0.1, 0.15) is 31.4 Å². The summed E-state index contributed by atoms with van der Waals surface area (Å²) in [6, 6.07) is 15.6. The van der Waals surface area contributed by atoms with Crippen LogP contribution in [0.5, 0.6) is 11.5 Å². The van der Waals surface area contributed by atoms with E-state index in [1.165, 1.54) is 0 Å². The first-order chi connectivity index (χ1) is 12.5. The summed E-state index contributed by atoms with van der Waals surface area (Å²) in [4.78, 5) is 0. The van der Waals surface area contributed by atoms with Crippen molar-refractivity contribution in [1.29, 1.82) is 0 Å². The van der Waals surface area contributed by atoms with Crippen molar-refractivity contribution in [3.8, 4) is 11.5 Å². The van der Waals surface area contributed by atoms with E-state index >= 15 is 0 Å². The Morgan fingerprint density at radius 3 is 2.42 bits per heavy atom. The molecule has 0 amide bonds. The van der Waals surface area contributed by atoms with Crippen molar-refractivity contribution in [3.63, 3.8) is 0 Å². The third kappa shape index (κ3) is 2.81. The molecule has 0 spiro atoms. The lowest BCUT2D eigenvalue weighted by Gasteiger charge is -2.34. The van der Waals surface area contributed by atoms with Crippen molar-refractivity contribution in [2.75, 3.05) is 0 Å². The Balaban J connectivity index is 1.95. The number of benzene rings is 3. The first kappa shape index (κ1) is 16.6. The summed E-state index contributed by atoms with van der Waals surface area (Å²) in [6.45, 7) is 6.13. The van der Waals surface area contributed by atoms with Gasteiger partial charge in [-0.2, -0.15) is 5.11 Å². The van der Waals surface area contributed by atoms with E-state index in [1.807, 2.05) is 55.5 Å². The minimum Gasteiger partial charge on any atom is -0.507 e. The van der Waals surface area contributed by atoms with Gasteiger partial charge < -0.3 is 9.84 Å². The molecule has 4 nitrogen and oxygen atoms in total. The minimum atomic E-state index is -0.297. The number of aryl methyl sites for hydroxylation is 1. The van der Waals surface area contributed by atoms with Crippen LogP contribution in [-0.2, 0) is 6.42 Å². The van der Waals surface area contributed by atoms with Crippen LogP contribution in [0.4, 0.5) is 11.4 Å². The third-order valence-electron chi connectivity index (χ3n) is 4.94. The highest BCUT2D eigenvalue weighted by molar-refractivity contribution is 6.01. The molecule has 26 heavy (non-hydrogen) atoms. The summed E-state index contributed by atoms with van der Waals surface area (Å²) in [5, 5.41) is 21.4. The van der Waals surface area contributed by atoms with Crippen molar-refractivity contribution in [3.05, 3.63) is 59.7 Å². The quantitative estimate of drug-likeness (QED) is 0.548. The number of phenols is 1. The fourth-order valence-electron chi connectivity index (χ4n) is 3.41. The highest BCUT2D eigenvalue weighted by Gasteiger charge is 2.32. The topological polar surface area (TPSA) is 54.2 Å². The van der Waals surface area contributed by atoms with E-state index in [0.29, 0.717) is 17.2 Å². The maximum atomic E-state index is 10.8. The molecule has 0 saturated heterocycles. The average Bonchev–Trinajstić information content (AvgIpc) is 2.62. The lowest BCUT2D eigenvalue weighted by atomic mass is 9.91. The van der Waals surface area contributed by atoms with Gasteiger partial charge >= 0.3 is 0 Å². The highest BCUT2D eigenvalue weighted by Crippen LogP contribution is 2.50. The zero-order valence-corrected chi connectivity index (χ0v) is 15.3. The molecule has 132 valence electrons. The van der Waals surface area contributed by atoms with Crippen LogP contribution < -0.4 is 4.74 Å². The van der Waals surface area contributed by atoms with E-state index in [4.69, 9.17) is 4.74 Å². The number of phenolic OH excluding ortho intramolecular Hbond substituents is 1. The largest absolute Gasteiger partial charge is 0.507 e. The van der Waals surface area contributed by atoms with Crippen LogP contribution in [0, 0.1) is 6.92 Å². The van der Waals surface area contributed by atoms with Gasteiger partial charge in [-0.25, -0.2) is 0 Å². The summed E-state index contributed by atoms with van der Waals surface area (Å²) >= 11 is 0. The Morgan fingerprint density at radius 2 is 1.65 bits per heavy atom. The fraction of sp³-hybridized carbons (Fsp3) is 0.273. The van der Waals surface area contributed by atoms with Gasteiger partial charge in [0.15, 0.2) is 5.75 Å². The zero-order valence-electron chi connectivity index (χ0n) is 15.3. The van der Waals surface area contributed by atoms with Gasteiger partial charge in [-0.1, -0.05) is 42.5 Å². The number of fused-ring (bicyclic) bond motifs is 2. The maximum absolute atomic E-state index is 10.8. The van der Waals surface area contributed by atoms with Gasteiger partial charge in [-0.15, -0.1) is 5.11 Å².